The second-order valence-electron chi connectivity index (χ2n) is 4.59. The highest BCUT2D eigenvalue weighted by Crippen LogP contribution is 2.23. The maximum absolute atomic E-state index is 12.1. The Morgan fingerprint density at radius 1 is 1.44 bits per heavy atom. The summed E-state index contributed by atoms with van der Waals surface area (Å²) in [5.41, 5.74) is 0.751. The van der Waals surface area contributed by atoms with Crippen molar-refractivity contribution in [2.24, 2.45) is 5.92 Å². The van der Waals surface area contributed by atoms with Crippen LogP contribution in [0.1, 0.15) is 12.0 Å². The first-order valence-corrected chi connectivity index (χ1v) is 6.68. The van der Waals surface area contributed by atoms with Gasteiger partial charge in [-0.25, -0.2) is 0 Å². The summed E-state index contributed by atoms with van der Waals surface area (Å²) in [5, 5.41) is 10.2. The summed E-state index contributed by atoms with van der Waals surface area (Å²) in [6, 6.07) is 5.13. The number of nitrogens with zero attached hydrogens (tertiary/aromatic N) is 1. The highest BCUT2D eigenvalue weighted by molar-refractivity contribution is 6.33. The number of aliphatic hydroxyl groups excluding tert-OH is 1. The first kappa shape index (κ1) is 13.7. The van der Waals surface area contributed by atoms with Crippen LogP contribution in [0, 0.1) is 5.92 Å². The molecular weight excluding hydrogens is 273 g/mol. The molecule has 1 unspecified atom stereocenters. The Morgan fingerprint density at radius 3 is 2.89 bits per heavy atom. The maximum atomic E-state index is 12.1. The first-order valence-electron chi connectivity index (χ1n) is 5.92. The van der Waals surface area contributed by atoms with Crippen LogP contribution >= 0.6 is 23.2 Å². The third-order valence-corrected chi connectivity index (χ3v) is 3.85. The van der Waals surface area contributed by atoms with Crippen molar-refractivity contribution in [3.8, 4) is 0 Å². The third kappa shape index (κ3) is 3.16. The molecule has 18 heavy (non-hydrogen) atoms. The molecule has 98 valence electrons. The van der Waals surface area contributed by atoms with Gasteiger partial charge in [0.2, 0.25) is 5.91 Å². The highest BCUT2D eigenvalue weighted by Gasteiger charge is 2.25. The molecule has 1 N–H and O–H groups in total. The van der Waals surface area contributed by atoms with E-state index in [1.54, 1.807) is 23.1 Å². The van der Waals surface area contributed by atoms with Crippen LogP contribution in [0.3, 0.4) is 0 Å². The molecule has 5 heteroatoms. The summed E-state index contributed by atoms with van der Waals surface area (Å²) >= 11 is 11.9. The molecule has 0 saturated carbocycles. The topological polar surface area (TPSA) is 40.5 Å². The number of benzene rings is 1. The molecule has 0 bridgehead atoms. The fraction of sp³-hybridized carbons (Fsp3) is 0.462. The molecule has 1 amide bonds. The van der Waals surface area contributed by atoms with Gasteiger partial charge < -0.3 is 10.0 Å². The van der Waals surface area contributed by atoms with Crippen molar-refractivity contribution in [3.63, 3.8) is 0 Å². The lowest BCUT2D eigenvalue weighted by molar-refractivity contribution is -0.129. The van der Waals surface area contributed by atoms with Gasteiger partial charge in [0.05, 0.1) is 6.42 Å². The van der Waals surface area contributed by atoms with Crippen molar-refractivity contribution < 1.29 is 9.90 Å². The average molecular weight is 288 g/mol. The van der Waals surface area contributed by atoms with Gasteiger partial charge in [0.1, 0.15) is 0 Å². The Morgan fingerprint density at radius 2 is 2.22 bits per heavy atom. The molecule has 2 rings (SSSR count). The SMILES string of the molecule is O=C(Cc1cc(Cl)ccc1Cl)N1CCC(CO)C1. The van der Waals surface area contributed by atoms with E-state index in [1.807, 2.05) is 0 Å². The number of hydrogen-bond acceptors (Lipinski definition) is 2. The first-order chi connectivity index (χ1) is 8.60. The summed E-state index contributed by atoms with van der Waals surface area (Å²) < 4.78 is 0. The number of rotatable bonds is 3. The zero-order valence-electron chi connectivity index (χ0n) is 9.90. The fourth-order valence-corrected chi connectivity index (χ4v) is 2.54. The molecule has 1 aliphatic rings. The van der Waals surface area contributed by atoms with Gasteiger partial charge in [0.25, 0.3) is 0 Å². The van der Waals surface area contributed by atoms with Crippen molar-refractivity contribution in [1.29, 1.82) is 0 Å². The molecule has 1 fully saturated rings. The van der Waals surface area contributed by atoms with Crippen molar-refractivity contribution in [2.75, 3.05) is 19.7 Å². The number of carbonyl (C=O) groups is 1. The van der Waals surface area contributed by atoms with E-state index in [1.165, 1.54) is 0 Å². The second kappa shape index (κ2) is 5.91. The zero-order chi connectivity index (χ0) is 13.1. The van der Waals surface area contributed by atoms with Crippen LogP contribution in [0.15, 0.2) is 18.2 Å². The van der Waals surface area contributed by atoms with E-state index in [0.29, 0.717) is 23.1 Å². The molecule has 0 spiro atoms. The largest absolute Gasteiger partial charge is 0.396 e. The summed E-state index contributed by atoms with van der Waals surface area (Å²) in [7, 11) is 0. The Bertz CT molecular complexity index is 451. The highest BCUT2D eigenvalue weighted by atomic mass is 35.5. The predicted molar refractivity (Wildman–Crippen MR) is 71.9 cm³/mol. The summed E-state index contributed by atoms with van der Waals surface area (Å²) in [5.74, 6) is 0.249. The molecule has 1 aliphatic heterocycles. The molecule has 0 radical (unpaired) electrons. The van der Waals surface area contributed by atoms with E-state index >= 15 is 0 Å². The zero-order valence-corrected chi connectivity index (χ0v) is 11.4. The molecule has 3 nitrogen and oxygen atoms in total. The fourth-order valence-electron chi connectivity index (χ4n) is 2.16. The van der Waals surface area contributed by atoms with Crippen LogP contribution in [0.5, 0.6) is 0 Å². The summed E-state index contributed by atoms with van der Waals surface area (Å²) in [6.07, 6.45) is 1.13. The summed E-state index contributed by atoms with van der Waals surface area (Å²) in [6.45, 7) is 1.48. The van der Waals surface area contributed by atoms with Crippen molar-refractivity contribution in [3.05, 3.63) is 33.8 Å². The number of carbonyl (C=O) groups excluding carboxylic acids is 1. The number of halogens is 2. The molecule has 1 heterocycles. The van der Waals surface area contributed by atoms with E-state index in [9.17, 15) is 4.79 Å². The maximum Gasteiger partial charge on any atom is 0.227 e. The van der Waals surface area contributed by atoms with Gasteiger partial charge in [-0.2, -0.15) is 0 Å². The van der Waals surface area contributed by atoms with E-state index in [-0.39, 0.29) is 24.9 Å². The molecule has 1 aromatic carbocycles. The quantitative estimate of drug-likeness (QED) is 0.927. The molecule has 1 aromatic rings. The number of likely N-dealkylation sites (tertiary alicyclic amines) is 1. The third-order valence-electron chi connectivity index (χ3n) is 3.25. The standard InChI is InChI=1S/C13H15Cl2NO2/c14-11-1-2-12(15)10(5-11)6-13(18)16-4-3-9(7-16)8-17/h1-2,5,9,17H,3-4,6-8H2. The van der Waals surface area contributed by atoms with Gasteiger partial charge >= 0.3 is 0 Å². The average Bonchev–Trinajstić information content (AvgIpc) is 2.82. The Labute approximate surface area is 116 Å². The minimum absolute atomic E-state index is 0.0371. The normalized spacial score (nSPS) is 19.3. The van der Waals surface area contributed by atoms with E-state index in [4.69, 9.17) is 28.3 Å². The molecule has 1 saturated heterocycles. The van der Waals surface area contributed by atoms with Crippen LogP contribution in [0.2, 0.25) is 10.0 Å². The van der Waals surface area contributed by atoms with Gasteiger partial charge in [-0.15, -0.1) is 0 Å². The lowest BCUT2D eigenvalue weighted by Crippen LogP contribution is -2.30. The van der Waals surface area contributed by atoms with Crippen LogP contribution in [-0.2, 0) is 11.2 Å². The van der Waals surface area contributed by atoms with Crippen molar-refractivity contribution in [2.45, 2.75) is 12.8 Å². The number of hydrogen-bond donors (Lipinski definition) is 1. The van der Waals surface area contributed by atoms with Gasteiger partial charge in [-0.3, -0.25) is 4.79 Å². The molecule has 1 atom stereocenters. The van der Waals surface area contributed by atoms with Crippen LogP contribution in [-0.4, -0.2) is 35.6 Å². The number of amides is 1. The van der Waals surface area contributed by atoms with E-state index in [0.717, 1.165) is 12.0 Å². The van der Waals surface area contributed by atoms with Gasteiger partial charge in [0, 0.05) is 35.7 Å². The van der Waals surface area contributed by atoms with Gasteiger partial charge in [0.15, 0.2) is 0 Å². The van der Waals surface area contributed by atoms with Crippen LogP contribution in [0.25, 0.3) is 0 Å². The monoisotopic (exact) mass is 287 g/mol. The smallest absolute Gasteiger partial charge is 0.227 e. The van der Waals surface area contributed by atoms with Crippen LogP contribution < -0.4 is 0 Å². The number of aliphatic hydroxyl groups is 1. The van der Waals surface area contributed by atoms with Gasteiger partial charge in [-0.05, 0) is 30.2 Å². The Hall–Kier alpha value is -0.770. The lowest BCUT2D eigenvalue weighted by atomic mass is 10.1. The Balaban J connectivity index is 2.01. The molecule has 0 aromatic heterocycles. The van der Waals surface area contributed by atoms with Crippen LogP contribution in [0.4, 0.5) is 0 Å². The lowest BCUT2D eigenvalue weighted by Gasteiger charge is -2.16. The van der Waals surface area contributed by atoms with Crippen molar-refractivity contribution in [1.82, 2.24) is 4.90 Å². The molecule has 0 aliphatic carbocycles. The van der Waals surface area contributed by atoms with Gasteiger partial charge in [-0.1, -0.05) is 23.2 Å². The second-order valence-corrected chi connectivity index (χ2v) is 5.43. The van der Waals surface area contributed by atoms with Crippen molar-refractivity contribution >= 4 is 29.1 Å². The Kier molecular flexibility index (Phi) is 4.49. The summed E-state index contributed by atoms with van der Waals surface area (Å²) in [4.78, 5) is 13.9. The predicted octanol–water partition coefficient (Wildman–Crippen LogP) is 2.38. The molecular formula is C13H15Cl2NO2. The minimum atomic E-state index is 0.0371. The van der Waals surface area contributed by atoms with E-state index < -0.39 is 0 Å². The minimum Gasteiger partial charge on any atom is -0.396 e. The van der Waals surface area contributed by atoms with E-state index in [2.05, 4.69) is 0 Å².